The summed E-state index contributed by atoms with van der Waals surface area (Å²) in [5, 5.41) is 17.7. The van der Waals surface area contributed by atoms with E-state index in [2.05, 4.69) is 10.6 Å². The van der Waals surface area contributed by atoms with Gasteiger partial charge in [-0.05, 0) is 95.4 Å². The van der Waals surface area contributed by atoms with Crippen molar-refractivity contribution in [3.63, 3.8) is 0 Å². The third kappa shape index (κ3) is 28.7. The molecule has 102 heavy (non-hydrogen) atoms. The van der Waals surface area contributed by atoms with Gasteiger partial charge in [0.1, 0.15) is 42.6 Å². The van der Waals surface area contributed by atoms with E-state index in [0.29, 0.717) is 19.5 Å². The number of aliphatic hydroxyl groups is 1. The lowest BCUT2D eigenvalue weighted by Crippen LogP contribution is -2.63. The third-order valence-corrected chi connectivity index (χ3v) is 20.1. The lowest BCUT2D eigenvalue weighted by atomic mass is 9.84. The standard InChI is InChI=1S/C75H131F3N10O14/c1-26-28-29-49(13)67(94)66(68(95)80-56(27-2)71(98)81(20)53(17)54(18)89)86(25)74(101)65(48(11)12)85(24)73(100)59(38-46(7)8)84(23)72(99)58(37-45(5)6)83(22)69(96)51(15)40-60(90)50(14)39-61(91)57(36-44(3)4)82(21)70(97)55(47(9)10)41-62(92)64(79-19)52(16)42-102-43-63(93)88-34-32-87(33-35-88)31-30-75(76,77)78/h26,28,44-53,55-59,64-67,79,94H,27,29-43H2,1-25H3,(H,80,95)/b28-26+/t49-,50-,51+,52-,53-,55+,56+,57+,58+,59+,64+,65+,66?,67-/m1/s1. The first-order valence-corrected chi connectivity index (χ1v) is 36.8. The van der Waals surface area contributed by atoms with E-state index in [9.17, 15) is 61.4 Å². The molecule has 8 amide bonds. The maximum atomic E-state index is 15.2. The second-order valence-electron chi connectivity index (χ2n) is 30.8. The van der Waals surface area contributed by atoms with Crippen LogP contribution in [0.25, 0.3) is 0 Å². The number of ketones is 4. The van der Waals surface area contributed by atoms with E-state index >= 15 is 14.4 Å². The van der Waals surface area contributed by atoms with E-state index in [-0.39, 0.29) is 125 Å². The number of halogens is 3. The van der Waals surface area contributed by atoms with Crippen molar-refractivity contribution in [2.24, 2.45) is 59.2 Å². The predicted molar refractivity (Wildman–Crippen MR) is 388 cm³/mol. The van der Waals surface area contributed by atoms with Crippen LogP contribution < -0.4 is 10.6 Å². The van der Waals surface area contributed by atoms with Crippen LogP contribution >= 0.6 is 0 Å². The molecule has 3 N–H and O–H groups in total. The highest BCUT2D eigenvalue weighted by molar-refractivity contribution is 5.99. The molecule has 0 aromatic heterocycles. The number of hydrogen-bond donors (Lipinski definition) is 3. The quantitative estimate of drug-likeness (QED) is 0.0519. The number of carbonyl (C=O) groups excluding carboxylic acids is 12. The Balaban J connectivity index is 3.44. The fraction of sp³-hybridized carbons (Fsp3) is 0.813. The molecular weight excluding hydrogens is 1320 g/mol. The first-order chi connectivity index (χ1) is 47.1. The van der Waals surface area contributed by atoms with Crippen molar-refractivity contribution >= 4 is 70.4 Å². The van der Waals surface area contributed by atoms with Crippen molar-refractivity contribution in [2.75, 3.05) is 95.3 Å². The van der Waals surface area contributed by atoms with Gasteiger partial charge in [0.15, 0.2) is 17.3 Å². The van der Waals surface area contributed by atoms with Gasteiger partial charge in [-0.3, -0.25) is 62.4 Å². The SMILES string of the molecule is C/C=C/C[C@@H](C)[C@@H](O)C(C(=O)N[C@@H](CC)C(=O)N(C)[C@H](C)C(C)=O)N(C)C(=O)[C@H](C(C)C)N(C)C(=O)[C@H](CC(C)C)N(C)C(=O)[C@H](CC(C)C)N(C)C(=O)[C@@H](C)CC(=O)[C@H](C)CC(=O)[C@H](CC(C)C)N(C)C(=O)[C@@H](CC(=O)[C@@H](NC)[C@H](C)COCC(=O)N1CCN(CCC(F)(F)F)CC1)C(C)C. The molecule has 27 heteroatoms. The number of piperazine rings is 1. The molecule has 24 nitrogen and oxygen atoms in total. The molecule has 1 unspecified atom stereocenters. The van der Waals surface area contributed by atoms with Gasteiger partial charge in [0, 0.05) is 118 Å². The summed E-state index contributed by atoms with van der Waals surface area (Å²) >= 11 is 0. The molecule has 0 radical (unpaired) electrons. The van der Waals surface area contributed by atoms with Gasteiger partial charge in [0.2, 0.25) is 47.3 Å². The monoisotopic (exact) mass is 1450 g/mol. The number of nitrogens with one attached hydrogen (secondary N) is 2. The second-order valence-corrected chi connectivity index (χ2v) is 30.8. The Bertz CT molecular complexity index is 2790. The summed E-state index contributed by atoms with van der Waals surface area (Å²) in [6.07, 6.45) is -2.77. The van der Waals surface area contributed by atoms with E-state index in [0.717, 1.165) is 4.90 Å². The maximum Gasteiger partial charge on any atom is 0.390 e. The molecular formula is C75H131F3N10O14. The van der Waals surface area contributed by atoms with Crippen molar-refractivity contribution < 1.29 is 80.5 Å². The lowest BCUT2D eigenvalue weighted by molar-refractivity contribution is -0.157. The summed E-state index contributed by atoms with van der Waals surface area (Å²) in [6.45, 7) is 32.2. The van der Waals surface area contributed by atoms with Crippen molar-refractivity contribution in [3.05, 3.63) is 12.2 Å². The molecule has 1 aliphatic rings. The number of carbonyl (C=O) groups is 12. The Morgan fingerprint density at radius 3 is 1.50 bits per heavy atom. The lowest BCUT2D eigenvalue weighted by Gasteiger charge is -2.41. The normalized spacial score (nSPS) is 17.3. The largest absolute Gasteiger partial charge is 0.390 e. The molecule has 0 aromatic rings. The summed E-state index contributed by atoms with van der Waals surface area (Å²) in [7, 11) is 10.3. The average molecular weight is 1450 g/mol. The number of likely N-dealkylation sites (N-methyl/N-ethyl adjacent to an activating group) is 7. The van der Waals surface area contributed by atoms with Crippen molar-refractivity contribution in [1.29, 1.82) is 0 Å². The predicted octanol–water partition coefficient (Wildman–Crippen LogP) is 6.97. The smallest absolute Gasteiger partial charge is 0.390 e. The number of rotatable bonds is 45. The van der Waals surface area contributed by atoms with Crippen LogP contribution in [0.3, 0.4) is 0 Å². The molecule has 1 saturated heterocycles. The van der Waals surface area contributed by atoms with Crippen LogP contribution in [0.15, 0.2) is 12.2 Å². The molecule has 0 bridgehead atoms. The minimum absolute atomic E-state index is 0.0145. The van der Waals surface area contributed by atoms with Gasteiger partial charge >= 0.3 is 6.18 Å². The number of aliphatic hydroxyl groups excluding tert-OH is 1. The van der Waals surface area contributed by atoms with Gasteiger partial charge in [0.05, 0.1) is 37.3 Å². The molecule has 1 aliphatic heterocycles. The van der Waals surface area contributed by atoms with Gasteiger partial charge in [-0.25, -0.2) is 0 Å². The fourth-order valence-electron chi connectivity index (χ4n) is 13.2. The number of nitrogens with zero attached hydrogens (tertiary/aromatic N) is 8. The summed E-state index contributed by atoms with van der Waals surface area (Å²) < 4.78 is 44.0. The molecule has 0 aliphatic carbocycles. The Kier molecular flexibility index (Phi) is 40.4. The summed E-state index contributed by atoms with van der Waals surface area (Å²) in [6, 6.07) is -8.75. The van der Waals surface area contributed by atoms with E-state index in [4.69, 9.17) is 4.74 Å². The number of ether oxygens (including phenoxy) is 1. The molecule has 0 spiro atoms. The van der Waals surface area contributed by atoms with Crippen LogP contribution in [0, 0.1) is 59.2 Å². The number of Topliss-reactive ketones (excluding diaryl/α,β-unsaturated/α-hetero) is 4. The molecule has 586 valence electrons. The zero-order valence-electron chi connectivity index (χ0n) is 66.4. The highest BCUT2D eigenvalue weighted by Crippen LogP contribution is 2.29. The zero-order chi connectivity index (χ0) is 78.9. The number of hydrogen-bond acceptors (Lipinski definition) is 16. The van der Waals surface area contributed by atoms with Gasteiger partial charge in [-0.1, -0.05) is 116 Å². The van der Waals surface area contributed by atoms with E-state index in [1.165, 1.54) is 73.7 Å². The minimum Gasteiger partial charge on any atom is -0.390 e. The van der Waals surface area contributed by atoms with Crippen molar-refractivity contribution in [2.45, 2.75) is 243 Å². The first-order valence-electron chi connectivity index (χ1n) is 36.8. The van der Waals surface area contributed by atoms with Crippen LogP contribution in [0.4, 0.5) is 13.2 Å². The number of amides is 8. The highest BCUT2D eigenvalue weighted by Gasteiger charge is 2.46. The molecule has 1 rings (SSSR count). The highest BCUT2D eigenvalue weighted by atomic mass is 19.4. The minimum atomic E-state index is -4.27. The molecule has 14 atom stereocenters. The Hall–Kier alpha value is -6.19. The van der Waals surface area contributed by atoms with E-state index in [1.54, 1.807) is 85.2 Å². The van der Waals surface area contributed by atoms with Crippen LogP contribution in [0.1, 0.15) is 182 Å². The summed E-state index contributed by atoms with van der Waals surface area (Å²) in [5.41, 5.74) is 0. The van der Waals surface area contributed by atoms with Gasteiger partial charge in [0.25, 0.3) is 0 Å². The zero-order valence-corrected chi connectivity index (χ0v) is 66.4. The topological polar surface area (TPSA) is 284 Å². The van der Waals surface area contributed by atoms with E-state index in [1.807, 2.05) is 61.5 Å². The van der Waals surface area contributed by atoms with Crippen LogP contribution in [-0.2, 0) is 62.3 Å². The van der Waals surface area contributed by atoms with Crippen molar-refractivity contribution in [3.8, 4) is 0 Å². The molecule has 0 aromatic carbocycles. The average Bonchev–Trinajstić information content (AvgIpc) is 0.797. The van der Waals surface area contributed by atoms with Crippen molar-refractivity contribution in [1.82, 2.24) is 49.8 Å². The van der Waals surface area contributed by atoms with Crippen LogP contribution in [0.2, 0.25) is 0 Å². The number of allylic oxidation sites excluding steroid dienone is 2. The summed E-state index contributed by atoms with van der Waals surface area (Å²) in [5.74, 6) is -10.9. The molecule has 1 heterocycles. The second kappa shape index (κ2) is 43.9. The van der Waals surface area contributed by atoms with Gasteiger partial charge < -0.3 is 54.8 Å². The summed E-state index contributed by atoms with van der Waals surface area (Å²) in [4.78, 5) is 181. The third-order valence-electron chi connectivity index (χ3n) is 20.1. The van der Waals surface area contributed by atoms with Gasteiger partial charge in [-0.15, -0.1) is 0 Å². The Morgan fingerprint density at radius 1 is 0.559 bits per heavy atom. The maximum absolute atomic E-state index is 15.2. The van der Waals surface area contributed by atoms with Gasteiger partial charge in [-0.2, -0.15) is 13.2 Å². The fourth-order valence-corrected chi connectivity index (χ4v) is 13.2. The number of alkyl halides is 3. The van der Waals surface area contributed by atoms with E-state index < -0.39 is 150 Å². The Labute approximate surface area is 608 Å². The molecule has 0 saturated carbocycles. The Morgan fingerprint density at radius 2 is 1.04 bits per heavy atom. The molecule has 1 fully saturated rings. The van der Waals surface area contributed by atoms with Crippen LogP contribution in [0.5, 0.6) is 0 Å². The first kappa shape index (κ1) is 93.8. The van der Waals surface area contributed by atoms with Crippen LogP contribution in [-0.4, -0.2) is 271 Å².